The van der Waals surface area contributed by atoms with Crippen molar-refractivity contribution in [1.29, 1.82) is 0 Å². The maximum atomic E-state index is 13.3. The van der Waals surface area contributed by atoms with E-state index in [1.54, 1.807) is 13.0 Å². The van der Waals surface area contributed by atoms with Crippen molar-refractivity contribution in [3.63, 3.8) is 0 Å². The van der Waals surface area contributed by atoms with Crippen molar-refractivity contribution >= 4 is 23.2 Å². The lowest BCUT2D eigenvalue weighted by molar-refractivity contribution is -0.384. The van der Waals surface area contributed by atoms with Crippen LogP contribution in [0, 0.1) is 22.9 Å². The second-order valence-corrected chi connectivity index (χ2v) is 5.70. The van der Waals surface area contributed by atoms with Crippen LogP contribution in [0.3, 0.4) is 0 Å². The number of non-ortho nitro benzene ring substituents is 1. The van der Waals surface area contributed by atoms with E-state index >= 15 is 0 Å². The number of carbonyl (C=O) groups is 2. The number of anilines is 1. The Bertz CT molecular complexity index is 872. The molecule has 9 heteroatoms. The molecule has 0 radical (unpaired) electrons. The van der Waals surface area contributed by atoms with Gasteiger partial charge in [0, 0.05) is 25.8 Å². The highest BCUT2D eigenvalue weighted by molar-refractivity contribution is 6.39. The first-order valence-corrected chi connectivity index (χ1v) is 7.94. The Balaban J connectivity index is 2.00. The van der Waals surface area contributed by atoms with Gasteiger partial charge in [-0.05, 0) is 30.2 Å². The third kappa shape index (κ3) is 5.32. The van der Waals surface area contributed by atoms with Crippen LogP contribution in [0.2, 0.25) is 0 Å². The van der Waals surface area contributed by atoms with Crippen LogP contribution in [-0.2, 0) is 14.3 Å². The van der Waals surface area contributed by atoms with E-state index in [1.807, 2.05) is 0 Å². The summed E-state index contributed by atoms with van der Waals surface area (Å²) < 4.78 is 18.5. The van der Waals surface area contributed by atoms with Gasteiger partial charge in [-0.3, -0.25) is 19.7 Å². The smallest absolute Gasteiger partial charge is 0.313 e. The normalized spacial score (nSPS) is 11.5. The maximum Gasteiger partial charge on any atom is 0.313 e. The molecule has 27 heavy (non-hydrogen) atoms. The van der Waals surface area contributed by atoms with Crippen LogP contribution in [0.15, 0.2) is 42.5 Å². The summed E-state index contributed by atoms with van der Waals surface area (Å²) in [6.45, 7) is 1.59. The number of hydrogen-bond donors (Lipinski definition) is 2. The number of carbonyl (C=O) groups excluding carboxylic acids is 2. The molecule has 0 saturated heterocycles. The molecule has 2 amide bonds. The topological polar surface area (TPSA) is 111 Å². The second kappa shape index (κ2) is 8.86. The number of rotatable bonds is 6. The summed E-state index contributed by atoms with van der Waals surface area (Å²) in [4.78, 5) is 34.3. The molecule has 0 aliphatic heterocycles. The van der Waals surface area contributed by atoms with Crippen LogP contribution in [0.4, 0.5) is 15.8 Å². The van der Waals surface area contributed by atoms with Crippen molar-refractivity contribution in [2.75, 3.05) is 19.0 Å². The summed E-state index contributed by atoms with van der Waals surface area (Å²) in [5.74, 6) is -2.37. The SMILES string of the molecule is COC(CNC(=O)C(=O)Nc1cc([N+](=O)[O-])ccc1C)c1cccc(F)c1. The maximum absolute atomic E-state index is 13.3. The molecule has 8 nitrogen and oxygen atoms in total. The second-order valence-electron chi connectivity index (χ2n) is 5.70. The molecule has 142 valence electrons. The molecule has 2 aromatic carbocycles. The minimum atomic E-state index is -0.979. The number of aryl methyl sites for hydroxylation is 1. The minimum Gasteiger partial charge on any atom is -0.375 e. The zero-order valence-electron chi connectivity index (χ0n) is 14.7. The summed E-state index contributed by atoms with van der Waals surface area (Å²) in [5.41, 5.74) is 1.03. The van der Waals surface area contributed by atoms with Gasteiger partial charge in [0.15, 0.2) is 0 Å². The number of nitro benzene ring substituents is 1. The first kappa shape index (κ1) is 20.0. The van der Waals surface area contributed by atoms with Gasteiger partial charge in [-0.1, -0.05) is 18.2 Å². The number of nitrogens with zero attached hydrogens (tertiary/aromatic N) is 1. The van der Waals surface area contributed by atoms with E-state index in [1.165, 1.54) is 43.5 Å². The molecule has 0 saturated carbocycles. The molecule has 1 unspecified atom stereocenters. The number of methoxy groups -OCH3 is 1. The Morgan fingerprint density at radius 3 is 2.59 bits per heavy atom. The molecule has 1 atom stereocenters. The molecule has 0 fully saturated rings. The average Bonchev–Trinajstić information content (AvgIpc) is 2.63. The van der Waals surface area contributed by atoms with E-state index in [9.17, 15) is 24.1 Å². The van der Waals surface area contributed by atoms with Gasteiger partial charge in [0.25, 0.3) is 5.69 Å². The van der Waals surface area contributed by atoms with E-state index in [2.05, 4.69) is 10.6 Å². The Morgan fingerprint density at radius 1 is 1.22 bits per heavy atom. The van der Waals surface area contributed by atoms with Gasteiger partial charge in [0.1, 0.15) is 5.82 Å². The van der Waals surface area contributed by atoms with Crippen molar-refractivity contribution in [2.45, 2.75) is 13.0 Å². The van der Waals surface area contributed by atoms with Crippen LogP contribution in [-0.4, -0.2) is 30.4 Å². The van der Waals surface area contributed by atoms with E-state index in [0.29, 0.717) is 11.1 Å². The standard InChI is InChI=1S/C18H18FN3O5/c1-11-6-7-14(22(25)26)9-15(11)21-18(24)17(23)20-10-16(27-2)12-4-3-5-13(19)8-12/h3-9,16H,10H2,1-2H3,(H,20,23)(H,21,24). The lowest BCUT2D eigenvalue weighted by Crippen LogP contribution is -2.38. The first-order chi connectivity index (χ1) is 12.8. The molecule has 2 aromatic rings. The van der Waals surface area contributed by atoms with Gasteiger partial charge in [-0.15, -0.1) is 0 Å². The van der Waals surface area contributed by atoms with E-state index in [0.717, 1.165) is 0 Å². The summed E-state index contributed by atoms with van der Waals surface area (Å²) in [6, 6.07) is 9.64. The van der Waals surface area contributed by atoms with Crippen molar-refractivity contribution in [2.24, 2.45) is 0 Å². The van der Waals surface area contributed by atoms with Gasteiger partial charge in [-0.25, -0.2) is 4.39 Å². The molecular formula is C18H18FN3O5. The number of hydrogen-bond acceptors (Lipinski definition) is 5. The zero-order valence-corrected chi connectivity index (χ0v) is 14.7. The summed E-state index contributed by atoms with van der Waals surface area (Å²) >= 11 is 0. The Morgan fingerprint density at radius 2 is 1.96 bits per heavy atom. The zero-order chi connectivity index (χ0) is 20.0. The largest absolute Gasteiger partial charge is 0.375 e. The van der Waals surface area contributed by atoms with Crippen molar-refractivity contribution in [1.82, 2.24) is 5.32 Å². The fourth-order valence-corrected chi connectivity index (χ4v) is 2.35. The third-order valence-electron chi connectivity index (χ3n) is 3.84. The van der Waals surface area contributed by atoms with Crippen molar-refractivity contribution in [3.8, 4) is 0 Å². The number of halogens is 1. The number of benzene rings is 2. The Kier molecular flexibility index (Phi) is 6.56. The van der Waals surface area contributed by atoms with E-state index in [-0.39, 0.29) is 17.9 Å². The van der Waals surface area contributed by atoms with Gasteiger partial charge in [0.2, 0.25) is 0 Å². The van der Waals surface area contributed by atoms with E-state index < -0.39 is 28.7 Å². The number of nitro groups is 1. The number of nitrogens with one attached hydrogen (secondary N) is 2. The first-order valence-electron chi connectivity index (χ1n) is 7.94. The summed E-state index contributed by atoms with van der Waals surface area (Å²) in [7, 11) is 1.40. The van der Waals surface area contributed by atoms with Crippen molar-refractivity contribution < 1.29 is 23.6 Å². The lowest BCUT2D eigenvalue weighted by atomic mass is 10.1. The summed E-state index contributed by atoms with van der Waals surface area (Å²) in [6.07, 6.45) is -0.642. The molecular weight excluding hydrogens is 357 g/mol. The van der Waals surface area contributed by atoms with Crippen LogP contribution < -0.4 is 10.6 Å². The summed E-state index contributed by atoms with van der Waals surface area (Å²) in [5, 5.41) is 15.6. The molecule has 0 bridgehead atoms. The third-order valence-corrected chi connectivity index (χ3v) is 3.84. The molecule has 0 aromatic heterocycles. The van der Waals surface area contributed by atoms with E-state index in [4.69, 9.17) is 4.74 Å². The minimum absolute atomic E-state index is 0.0554. The molecule has 2 N–H and O–H groups in total. The predicted molar refractivity (Wildman–Crippen MR) is 95.6 cm³/mol. The van der Waals surface area contributed by atoms with Crippen LogP contribution in [0.1, 0.15) is 17.2 Å². The van der Waals surface area contributed by atoms with Gasteiger partial charge in [0.05, 0.1) is 16.7 Å². The van der Waals surface area contributed by atoms with Gasteiger partial charge < -0.3 is 15.4 Å². The molecule has 0 aliphatic rings. The quantitative estimate of drug-likeness (QED) is 0.458. The lowest BCUT2D eigenvalue weighted by Gasteiger charge is -2.16. The Labute approximate surface area is 154 Å². The highest BCUT2D eigenvalue weighted by atomic mass is 19.1. The molecule has 0 spiro atoms. The molecule has 0 aliphatic carbocycles. The molecule has 2 rings (SSSR count). The fraction of sp³-hybridized carbons (Fsp3) is 0.222. The van der Waals surface area contributed by atoms with Crippen LogP contribution in [0.5, 0.6) is 0 Å². The number of amides is 2. The number of ether oxygens (including phenoxy) is 1. The predicted octanol–water partition coefficient (Wildman–Crippen LogP) is 2.48. The van der Waals surface area contributed by atoms with Crippen LogP contribution >= 0.6 is 0 Å². The monoisotopic (exact) mass is 375 g/mol. The van der Waals surface area contributed by atoms with Gasteiger partial charge >= 0.3 is 11.8 Å². The highest BCUT2D eigenvalue weighted by Crippen LogP contribution is 2.22. The molecule has 0 heterocycles. The average molecular weight is 375 g/mol. The fourth-order valence-electron chi connectivity index (χ4n) is 2.35. The van der Waals surface area contributed by atoms with Gasteiger partial charge in [-0.2, -0.15) is 0 Å². The van der Waals surface area contributed by atoms with Crippen LogP contribution in [0.25, 0.3) is 0 Å². The van der Waals surface area contributed by atoms with Crippen molar-refractivity contribution in [3.05, 3.63) is 69.5 Å². The Hall–Kier alpha value is -3.33. The highest BCUT2D eigenvalue weighted by Gasteiger charge is 2.19.